The zero-order chi connectivity index (χ0) is 73.3. The minimum Gasteiger partial charge on any atom is -0.456 e. The maximum atomic E-state index is 9.51. The van der Waals surface area contributed by atoms with Gasteiger partial charge in [0.05, 0.1) is 56.9 Å². The number of rotatable bonds is 9. The molecule has 2 aliphatic carbocycles. The molecule has 2 unspecified atom stereocenters. The quantitative estimate of drug-likeness (QED) is 0.140. The van der Waals surface area contributed by atoms with Gasteiger partial charge in [-0.15, -0.1) is 0 Å². The van der Waals surface area contributed by atoms with Crippen LogP contribution >= 0.6 is 0 Å². The zero-order valence-electron chi connectivity index (χ0n) is 59.3. The highest BCUT2D eigenvalue weighted by molar-refractivity contribution is 6.00. The molecular formula is C102H62N6O2. The fourth-order valence-corrected chi connectivity index (χ4v) is 17.2. The number of fused-ring (bicyclic) bond motifs is 18. The van der Waals surface area contributed by atoms with E-state index in [2.05, 4.69) is 255 Å². The number of benzene rings is 15. The summed E-state index contributed by atoms with van der Waals surface area (Å²) in [5, 5.41) is 19.0. The number of nitrogens with zero attached hydrogens (tertiary/aromatic N) is 6. The summed E-state index contributed by atoms with van der Waals surface area (Å²) >= 11 is 0. The lowest BCUT2D eigenvalue weighted by atomic mass is 9.65. The van der Waals surface area contributed by atoms with E-state index in [9.17, 15) is 10.5 Å². The number of para-hydroxylation sites is 4. The van der Waals surface area contributed by atoms with Gasteiger partial charge in [-0.3, -0.25) is 0 Å². The fraction of sp³-hybridized carbons (Fsp3) is 0.0196. The largest absolute Gasteiger partial charge is 0.456 e. The molecule has 0 amide bonds. The average Bonchev–Trinajstić information content (AvgIpc) is 1.50. The topological polar surface area (TPSA) is 118 Å². The molecule has 0 fully saturated rings. The molecular weight excluding hydrogens is 1340 g/mol. The molecule has 0 radical (unpaired) electrons. The molecule has 0 saturated carbocycles. The summed E-state index contributed by atoms with van der Waals surface area (Å²) in [6.07, 6.45) is 0. The van der Waals surface area contributed by atoms with Crippen LogP contribution in [0.1, 0.15) is 55.6 Å². The standard InChI is InChI=1S/C54H33N3O.C48H29N3O/c55-34-35-25-27-37(28-26-35)42-19-12-23-47-52(42)58-50-24-10-9-21-45(50)54(47)44-20-8-7-17-43(44)51-41(18-11-22-46(51)54)36-29-31-39(32-30-36)49-33-48(38-13-3-1-4-14-38)56-53(57-49)40-15-5-2-6-16-40;49-30-31-25-27-32(28-26-31)35-18-11-23-41-46(35)52-44-24-10-9-21-39(44)48(41)38-20-8-7-17-36(38)45-37(19-12-22-40(45)48)43-29-42(33-13-3-1-4-14-33)50-47(51-43)34-15-5-2-6-16-34/h1-33H;1-29H. The van der Waals surface area contributed by atoms with Gasteiger partial charge < -0.3 is 9.47 Å². The molecule has 4 heterocycles. The highest BCUT2D eigenvalue weighted by atomic mass is 16.5. The third kappa shape index (κ3) is 10.4. The van der Waals surface area contributed by atoms with Crippen LogP contribution in [0, 0.1) is 22.7 Å². The summed E-state index contributed by atoms with van der Waals surface area (Å²) in [6.45, 7) is 0. The van der Waals surface area contributed by atoms with E-state index in [0.29, 0.717) is 22.8 Å². The first-order valence-electron chi connectivity index (χ1n) is 36.8. The van der Waals surface area contributed by atoms with Crippen LogP contribution < -0.4 is 9.47 Å². The van der Waals surface area contributed by atoms with E-state index in [-0.39, 0.29) is 0 Å². The van der Waals surface area contributed by atoms with Crippen molar-refractivity contribution in [3.8, 4) is 159 Å². The van der Waals surface area contributed by atoms with Crippen LogP contribution in [0.15, 0.2) is 376 Å². The first-order chi connectivity index (χ1) is 54.4. The van der Waals surface area contributed by atoms with Crippen molar-refractivity contribution in [1.82, 2.24) is 19.9 Å². The van der Waals surface area contributed by atoms with Gasteiger partial charge in [0, 0.05) is 66.8 Å². The SMILES string of the molecule is N#Cc1ccc(-c2cccc3c2Oc2ccccc2C32c3ccccc3-c3c(-c4cc(-c5ccccc5)nc(-c5ccccc5)n4)cccc32)cc1.N#Cc1ccc(-c2cccc3c2Oc2ccccc2C32c3ccccc3-c3c(-c4ccc(-c5cc(-c6ccccc6)nc(-c6ccccc6)n5)cc4)cccc32)cc1. The zero-order valence-corrected chi connectivity index (χ0v) is 59.3. The molecule has 110 heavy (non-hydrogen) atoms. The molecule has 21 rings (SSSR count). The molecule has 8 heteroatoms. The molecule has 4 aliphatic rings. The molecule has 15 aromatic carbocycles. The maximum Gasteiger partial charge on any atom is 0.160 e. The molecule has 8 nitrogen and oxygen atoms in total. The van der Waals surface area contributed by atoms with Gasteiger partial charge in [-0.05, 0) is 115 Å². The lowest BCUT2D eigenvalue weighted by molar-refractivity contribution is 0.438. The second-order valence-electron chi connectivity index (χ2n) is 28.0. The van der Waals surface area contributed by atoms with Crippen molar-refractivity contribution in [2.45, 2.75) is 10.8 Å². The van der Waals surface area contributed by atoms with E-state index < -0.39 is 10.8 Å². The van der Waals surface area contributed by atoms with Crippen LogP contribution in [0.3, 0.4) is 0 Å². The minimum absolute atomic E-state index is 0.623. The average molecular weight is 1400 g/mol. The monoisotopic (exact) mass is 1400 g/mol. The fourth-order valence-electron chi connectivity index (χ4n) is 17.2. The Bertz CT molecular complexity index is 6480. The van der Waals surface area contributed by atoms with Gasteiger partial charge in [-0.2, -0.15) is 10.5 Å². The van der Waals surface area contributed by atoms with Gasteiger partial charge in [0.15, 0.2) is 11.6 Å². The lowest BCUT2D eigenvalue weighted by Crippen LogP contribution is -2.32. The van der Waals surface area contributed by atoms with E-state index in [1.54, 1.807) is 0 Å². The third-order valence-electron chi connectivity index (χ3n) is 22.1. The normalized spacial score (nSPS) is 14.6. The minimum atomic E-state index is -0.660. The van der Waals surface area contributed by atoms with Gasteiger partial charge in [-0.25, -0.2) is 19.9 Å². The molecule has 0 bridgehead atoms. The van der Waals surface area contributed by atoms with E-state index in [1.807, 2.05) is 133 Å². The van der Waals surface area contributed by atoms with Crippen LogP contribution in [-0.2, 0) is 10.8 Å². The van der Waals surface area contributed by atoms with Crippen molar-refractivity contribution in [3.63, 3.8) is 0 Å². The molecule has 2 aliphatic heterocycles. The first-order valence-corrected chi connectivity index (χ1v) is 36.8. The number of aromatic nitrogens is 4. The van der Waals surface area contributed by atoms with Crippen molar-refractivity contribution in [1.29, 1.82) is 10.5 Å². The van der Waals surface area contributed by atoms with Crippen molar-refractivity contribution < 1.29 is 9.47 Å². The predicted octanol–water partition coefficient (Wildman–Crippen LogP) is 24.6. The Hall–Kier alpha value is -15.0. The highest BCUT2D eigenvalue weighted by Gasteiger charge is 2.54. The van der Waals surface area contributed by atoms with E-state index in [1.165, 1.54) is 44.5 Å². The summed E-state index contributed by atoms with van der Waals surface area (Å²) in [5.74, 6) is 4.69. The van der Waals surface area contributed by atoms with E-state index in [0.717, 1.165) is 135 Å². The van der Waals surface area contributed by atoms with Crippen LogP contribution in [0.2, 0.25) is 0 Å². The van der Waals surface area contributed by atoms with Gasteiger partial charge in [0.2, 0.25) is 0 Å². The van der Waals surface area contributed by atoms with E-state index in [4.69, 9.17) is 29.4 Å². The molecule has 0 saturated heterocycles. The van der Waals surface area contributed by atoms with Crippen molar-refractivity contribution >= 4 is 0 Å². The highest BCUT2D eigenvalue weighted by Crippen LogP contribution is 2.67. The second kappa shape index (κ2) is 26.6. The first kappa shape index (κ1) is 64.6. The lowest BCUT2D eigenvalue weighted by Gasteiger charge is -2.40. The van der Waals surface area contributed by atoms with Gasteiger partial charge in [0.25, 0.3) is 0 Å². The van der Waals surface area contributed by atoms with Crippen LogP contribution in [0.5, 0.6) is 23.0 Å². The molecule has 0 N–H and O–H groups in total. The summed E-state index contributed by atoms with van der Waals surface area (Å²) in [6, 6.07) is 135. The smallest absolute Gasteiger partial charge is 0.160 e. The van der Waals surface area contributed by atoms with Gasteiger partial charge in [-0.1, -0.05) is 328 Å². The maximum absolute atomic E-state index is 9.51. The Labute approximate surface area is 637 Å². The molecule has 512 valence electrons. The van der Waals surface area contributed by atoms with Gasteiger partial charge >= 0.3 is 0 Å². The molecule has 17 aromatic rings. The van der Waals surface area contributed by atoms with E-state index >= 15 is 0 Å². The summed E-state index contributed by atoms with van der Waals surface area (Å²) in [7, 11) is 0. The Morgan fingerprint density at radius 2 is 0.509 bits per heavy atom. The molecule has 2 atom stereocenters. The predicted molar refractivity (Wildman–Crippen MR) is 437 cm³/mol. The summed E-state index contributed by atoms with van der Waals surface area (Å²) in [5.41, 5.74) is 29.8. The second-order valence-corrected chi connectivity index (χ2v) is 28.0. The number of nitriles is 2. The Morgan fingerprint density at radius 3 is 0.945 bits per heavy atom. The van der Waals surface area contributed by atoms with Gasteiger partial charge in [0.1, 0.15) is 23.0 Å². The molecule has 2 aromatic heterocycles. The summed E-state index contributed by atoms with van der Waals surface area (Å²) in [4.78, 5) is 20.5. The Kier molecular flexibility index (Phi) is 15.6. The van der Waals surface area contributed by atoms with Crippen LogP contribution in [-0.4, -0.2) is 19.9 Å². The number of hydrogen-bond donors (Lipinski definition) is 0. The van der Waals surface area contributed by atoms with Crippen molar-refractivity contribution in [2.75, 3.05) is 0 Å². The summed E-state index contributed by atoms with van der Waals surface area (Å²) < 4.78 is 13.8. The number of hydrogen-bond acceptors (Lipinski definition) is 8. The number of ether oxygens (including phenoxy) is 2. The third-order valence-corrected chi connectivity index (χ3v) is 22.1. The Balaban J connectivity index is 0.000000145. The van der Waals surface area contributed by atoms with Crippen LogP contribution in [0.4, 0.5) is 0 Å². The Morgan fingerprint density at radius 1 is 0.218 bits per heavy atom. The molecule has 2 spiro atoms. The van der Waals surface area contributed by atoms with Crippen molar-refractivity contribution in [2.24, 2.45) is 0 Å². The van der Waals surface area contributed by atoms with Crippen LogP contribution in [0.25, 0.3) is 123 Å². The van der Waals surface area contributed by atoms with Crippen molar-refractivity contribution in [3.05, 3.63) is 432 Å².